The number of aromatic carboxylic acids is 1. The van der Waals surface area contributed by atoms with Crippen molar-refractivity contribution in [3.63, 3.8) is 0 Å². The average molecular weight is 298 g/mol. The molecular weight excluding hydrogens is 285 g/mol. The second kappa shape index (κ2) is 4.91. The molecular formula is C14H13Cl2NO2. The predicted molar refractivity (Wildman–Crippen MR) is 77.0 cm³/mol. The van der Waals surface area contributed by atoms with E-state index in [0.29, 0.717) is 21.3 Å². The fourth-order valence-corrected chi connectivity index (χ4v) is 2.60. The summed E-state index contributed by atoms with van der Waals surface area (Å²) in [5, 5.41) is 10.1. The Hall–Kier alpha value is -1.45. The highest BCUT2D eigenvalue weighted by atomic mass is 35.5. The molecule has 0 amide bonds. The maximum atomic E-state index is 11.2. The van der Waals surface area contributed by atoms with E-state index >= 15 is 0 Å². The summed E-state index contributed by atoms with van der Waals surface area (Å²) in [4.78, 5) is 11.2. The molecule has 2 rings (SSSR count). The lowest BCUT2D eigenvalue weighted by Crippen LogP contribution is -2.04. The van der Waals surface area contributed by atoms with Gasteiger partial charge in [0.1, 0.15) is 0 Å². The number of aryl methyl sites for hydroxylation is 2. The van der Waals surface area contributed by atoms with Crippen LogP contribution in [-0.2, 0) is 0 Å². The van der Waals surface area contributed by atoms with E-state index in [2.05, 4.69) is 0 Å². The van der Waals surface area contributed by atoms with Crippen molar-refractivity contribution in [1.82, 2.24) is 4.57 Å². The van der Waals surface area contributed by atoms with Crippen molar-refractivity contribution >= 4 is 29.2 Å². The minimum absolute atomic E-state index is 0.294. The molecule has 1 aromatic heterocycles. The van der Waals surface area contributed by atoms with Gasteiger partial charge in [-0.1, -0.05) is 23.2 Å². The Kier molecular flexibility index (Phi) is 3.61. The van der Waals surface area contributed by atoms with Gasteiger partial charge in [0.15, 0.2) is 0 Å². The zero-order valence-electron chi connectivity index (χ0n) is 10.8. The first-order valence-electron chi connectivity index (χ1n) is 5.71. The van der Waals surface area contributed by atoms with Crippen LogP contribution in [0.1, 0.15) is 27.3 Å². The van der Waals surface area contributed by atoms with Crippen molar-refractivity contribution in [2.24, 2.45) is 0 Å². The van der Waals surface area contributed by atoms with Crippen molar-refractivity contribution < 1.29 is 9.90 Å². The summed E-state index contributed by atoms with van der Waals surface area (Å²) in [7, 11) is 0. The third-order valence-corrected chi connectivity index (χ3v) is 3.86. The number of nitrogens with zero attached hydrogens (tertiary/aromatic N) is 1. The summed E-state index contributed by atoms with van der Waals surface area (Å²) in [5.74, 6) is -0.933. The molecule has 0 aliphatic rings. The van der Waals surface area contributed by atoms with E-state index < -0.39 is 5.97 Å². The normalized spacial score (nSPS) is 10.8. The molecule has 1 aromatic carbocycles. The Bertz CT molecular complexity index is 675. The SMILES string of the molecule is Cc1cc(Cl)c(Cl)cc1-n1c(C)cc(C(=O)O)c1C. The monoisotopic (exact) mass is 297 g/mol. The van der Waals surface area contributed by atoms with Crippen LogP contribution in [0.5, 0.6) is 0 Å². The first kappa shape index (κ1) is 14.0. The second-order valence-electron chi connectivity index (χ2n) is 4.48. The lowest BCUT2D eigenvalue weighted by molar-refractivity contribution is 0.0696. The standard InChI is InChI=1S/C14H13Cl2NO2/c1-7-4-11(15)12(16)6-13(7)17-8(2)5-10(9(17)3)14(18)19/h4-6H,1-3H3,(H,18,19). The highest BCUT2D eigenvalue weighted by Gasteiger charge is 2.17. The summed E-state index contributed by atoms with van der Waals surface area (Å²) in [6.45, 7) is 5.55. The van der Waals surface area contributed by atoms with Crippen LogP contribution in [0.4, 0.5) is 0 Å². The molecule has 3 nitrogen and oxygen atoms in total. The number of hydrogen-bond donors (Lipinski definition) is 1. The third-order valence-electron chi connectivity index (χ3n) is 3.14. The average Bonchev–Trinajstić information content (AvgIpc) is 2.60. The largest absolute Gasteiger partial charge is 0.478 e. The molecule has 1 heterocycles. The van der Waals surface area contributed by atoms with Crippen LogP contribution in [-0.4, -0.2) is 15.6 Å². The van der Waals surface area contributed by atoms with Crippen LogP contribution in [0.15, 0.2) is 18.2 Å². The number of rotatable bonds is 2. The molecule has 0 spiro atoms. The van der Waals surface area contributed by atoms with Crippen molar-refractivity contribution in [2.75, 3.05) is 0 Å². The molecule has 0 atom stereocenters. The fraction of sp³-hybridized carbons (Fsp3) is 0.214. The van der Waals surface area contributed by atoms with Crippen molar-refractivity contribution in [1.29, 1.82) is 0 Å². The zero-order chi connectivity index (χ0) is 14.3. The van der Waals surface area contributed by atoms with Gasteiger partial charge in [0.25, 0.3) is 0 Å². The van der Waals surface area contributed by atoms with Crippen LogP contribution in [0, 0.1) is 20.8 Å². The summed E-state index contributed by atoms with van der Waals surface area (Å²) in [6.07, 6.45) is 0. The van der Waals surface area contributed by atoms with Gasteiger partial charge >= 0.3 is 5.97 Å². The minimum atomic E-state index is -0.933. The van der Waals surface area contributed by atoms with E-state index in [4.69, 9.17) is 28.3 Å². The Balaban J connectivity index is 2.73. The quantitative estimate of drug-likeness (QED) is 0.892. The summed E-state index contributed by atoms with van der Waals surface area (Å²) >= 11 is 12.0. The molecule has 19 heavy (non-hydrogen) atoms. The predicted octanol–water partition coefficient (Wildman–Crippen LogP) is 4.41. The van der Waals surface area contributed by atoms with E-state index in [1.165, 1.54) is 0 Å². The van der Waals surface area contributed by atoms with Crippen LogP contribution in [0.3, 0.4) is 0 Å². The van der Waals surface area contributed by atoms with E-state index in [0.717, 1.165) is 16.9 Å². The number of aromatic nitrogens is 1. The lowest BCUT2D eigenvalue weighted by Gasteiger charge is -2.14. The topological polar surface area (TPSA) is 42.2 Å². The Morgan fingerprint density at radius 2 is 1.68 bits per heavy atom. The Morgan fingerprint density at radius 3 is 2.21 bits per heavy atom. The van der Waals surface area contributed by atoms with E-state index in [1.807, 2.05) is 18.4 Å². The second-order valence-corrected chi connectivity index (χ2v) is 5.29. The van der Waals surface area contributed by atoms with Crippen molar-refractivity contribution in [3.05, 3.63) is 50.8 Å². The van der Waals surface area contributed by atoms with Crippen LogP contribution in [0.25, 0.3) is 5.69 Å². The number of benzene rings is 1. The molecule has 5 heteroatoms. The summed E-state index contributed by atoms with van der Waals surface area (Å²) < 4.78 is 1.88. The molecule has 1 N–H and O–H groups in total. The number of carbonyl (C=O) groups is 1. The Morgan fingerprint density at radius 1 is 1.11 bits per heavy atom. The molecule has 0 aliphatic heterocycles. The van der Waals surface area contributed by atoms with Gasteiger partial charge < -0.3 is 9.67 Å². The molecule has 0 saturated heterocycles. The maximum Gasteiger partial charge on any atom is 0.337 e. The molecule has 0 unspecified atom stereocenters. The van der Waals surface area contributed by atoms with E-state index in [9.17, 15) is 4.79 Å². The fourth-order valence-electron chi connectivity index (χ4n) is 2.23. The molecule has 0 aliphatic carbocycles. The minimum Gasteiger partial charge on any atom is -0.478 e. The lowest BCUT2D eigenvalue weighted by atomic mass is 10.2. The molecule has 0 bridgehead atoms. The zero-order valence-corrected chi connectivity index (χ0v) is 12.3. The first-order chi connectivity index (χ1) is 8.82. The molecule has 0 fully saturated rings. The number of halogens is 2. The van der Waals surface area contributed by atoms with Gasteiger partial charge in [-0.25, -0.2) is 4.79 Å². The van der Waals surface area contributed by atoms with Crippen molar-refractivity contribution in [3.8, 4) is 5.69 Å². The molecule has 100 valence electrons. The van der Waals surface area contributed by atoms with E-state index in [1.54, 1.807) is 25.1 Å². The van der Waals surface area contributed by atoms with Gasteiger partial charge in [0.05, 0.1) is 15.6 Å². The Labute approximate surface area is 121 Å². The highest BCUT2D eigenvalue weighted by molar-refractivity contribution is 6.42. The highest BCUT2D eigenvalue weighted by Crippen LogP contribution is 2.30. The van der Waals surface area contributed by atoms with Crippen LogP contribution >= 0.6 is 23.2 Å². The van der Waals surface area contributed by atoms with Crippen LogP contribution < -0.4 is 0 Å². The van der Waals surface area contributed by atoms with E-state index in [-0.39, 0.29) is 0 Å². The maximum absolute atomic E-state index is 11.2. The third kappa shape index (κ3) is 2.36. The first-order valence-corrected chi connectivity index (χ1v) is 6.46. The van der Waals surface area contributed by atoms with Gasteiger partial charge in [-0.05, 0) is 44.5 Å². The van der Waals surface area contributed by atoms with Gasteiger partial charge in [-0.15, -0.1) is 0 Å². The molecule has 2 aromatic rings. The number of carboxylic acid groups (broad SMARTS) is 1. The molecule has 0 saturated carbocycles. The molecule has 0 radical (unpaired) electrons. The smallest absolute Gasteiger partial charge is 0.337 e. The van der Waals surface area contributed by atoms with Gasteiger partial charge in [0, 0.05) is 17.1 Å². The summed E-state index contributed by atoms with van der Waals surface area (Å²) in [5.41, 5.74) is 3.59. The van der Waals surface area contributed by atoms with Crippen molar-refractivity contribution in [2.45, 2.75) is 20.8 Å². The van der Waals surface area contributed by atoms with Gasteiger partial charge in [-0.3, -0.25) is 0 Å². The van der Waals surface area contributed by atoms with Gasteiger partial charge in [-0.2, -0.15) is 0 Å². The van der Waals surface area contributed by atoms with Crippen LogP contribution in [0.2, 0.25) is 10.0 Å². The summed E-state index contributed by atoms with van der Waals surface area (Å²) in [6, 6.07) is 5.18. The van der Waals surface area contributed by atoms with Gasteiger partial charge in [0.2, 0.25) is 0 Å². The number of carboxylic acids is 1. The number of hydrogen-bond acceptors (Lipinski definition) is 1.